The highest BCUT2D eigenvalue weighted by molar-refractivity contribution is 7.07. The van der Waals surface area contributed by atoms with Crippen LogP contribution in [0.25, 0.3) is 0 Å². The quantitative estimate of drug-likeness (QED) is 0.886. The molecule has 0 atom stereocenters. The first-order chi connectivity index (χ1) is 9.24. The fraction of sp³-hybridized carbons (Fsp3) is 0.333. The average molecular weight is 300 g/mol. The molecule has 0 aliphatic carbocycles. The lowest BCUT2D eigenvalue weighted by atomic mass is 10.3. The summed E-state index contributed by atoms with van der Waals surface area (Å²) >= 11 is 7.75. The van der Waals surface area contributed by atoms with Gasteiger partial charge in [0, 0.05) is 13.1 Å². The van der Waals surface area contributed by atoms with Gasteiger partial charge < -0.3 is 14.7 Å². The third kappa shape index (κ3) is 3.56. The molecule has 0 saturated carbocycles. The van der Waals surface area contributed by atoms with Gasteiger partial charge in [-0.3, -0.25) is 0 Å². The van der Waals surface area contributed by atoms with E-state index < -0.39 is 0 Å². The number of ether oxygens (including phenoxy) is 1. The number of hydrogen-bond donors (Lipinski definition) is 1. The maximum Gasteiger partial charge on any atom is 0.318 e. The molecule has 0 bridgehead atoms. The van der Waals surface area contributed by atoms with Gasteiger partial charge in [-0.05, 0) is 22.4 Å². The topological polar surface area (TPSA) is 58.5 Å². The third-order valence-corrected chi connectivity index (χ3v) is 3.51. The van der Waals surface area contributed by atoms with E-state index in [4.69, 9.17) is 16.3 Å². The molecule has 0 unspecified atom stereocenters. The Morgan fingerprint density at radius 1 is 1.53 bits per heavy atom. The zero-order chi connectivity index (χ0) is 13.7. The van der Waals surface area contributed by atoms with Crippen molar-refractivity contribution in [2.45, 2.75) is 6.54 Å². The minimum atomic E-state index is 0.0206. The van der Waals surface area contributed by atoms with Crippen LogP contribution in [0.15, 0.2) is 23.0 Å². The summed E-state index contributed by atoms with van der Waals surface area (Å²) in [6.07, 6.45) is 1.50. The first-order valence-corrected chi connectivity index (χ1v) is 7.00. The number of aromatic nitrogens is 2. The second kappa shape index (κ2) is 6.70. The predicted molar refractivity (Wildman–Crippen MR) is 76.0 cm³/mol. The molecule has 0 aliphatic rings. The van der Waals surface area contributed by atoms with Gasteiger partial charge in [0.1, 0.15) is 5.02 Å². The van der Waals surface area contributed by atoms with E-state index >= 15 is 0 Å². The molecule has 2 aromatic rings. The van der Waals surface area contributed by atoms with Gasteiger partial charge >= 0.3 is 6.01 Å². The van der Waals surface area contributed by atoms with Crippen LogP contribution in [0, 0.1) is 0 Å². The standard InChI is InChI=1S/C12H14ClN3O2S/c1-18-12-14-6-10(13)11(15-12)16(3-4-17)7-9-2-5-19-8-9/h2,5-6,8,17H,3-4,7H2,1H3. The predicted octanol–water partition coefficient (Wildman–Crippen LogP) is 2.20. The molecule has 7 heteroatoms. The average Bonchev–Trinajstić information content (AvgIpc) is 2.92. The van der Waals surface area contributed by atoms with Crippen LogP contribution in [0.3, 0.4) is 0 Å². The van der Waals surface area contributed by atoms with Crippen LogP contribution < -0.4 is 9.64 Å². The Bertz CT molecular complexity index is 522. The highest BCUT2D eigenvalue weighted by atomic mass is 35.5. The molecule has 102 valence electrons. The zero-order valence-electron chi connectivity index (χ0n) is 10.4. The Morgan fingerprint density at radius 3 is 3.00 bits per heavy atom. The van der Waals surface area contributed by atoms with Crippen LogP contribution in [0.2, 0.25) is 5.02 Å². The number of halogens is 1. The van der Waals surface area contributed by atoms with Gasteiger partial charge in [-0.1, -0.05) is 11.6 Å². The Hall–Kier alpha value is -1.37. The van der Waals surface area contributed by atoms with E-state index in [2.05, 4.69) is 15.3 Å². The lowest BCUT2D eigenvalue weighted by Crippen LogP contribution is -2.27. The summed E-state index contributed by atoms with van der Waals surface area (Å²) < 4.78 is 5.01. The van der Waals surface area contributed by atoms with E-state index in [9.17, 15) is 5.11 Å². The number of aliphatic hydroxyl groups is 1. The van der Waals surface area contributed by atoms with Gasteiger partial charge in [0.15, 0.2) is 5.82 Å². The van der Waals surface area contributed by atoms with Crippen molar-refractivity contribution in [1.29, 1.82) is 0 Å². The molecule has 0 saturated heterocycles. The van der Waals surface area contributed by atoms with Crippen molar-refractivity contribution in [2.75, 3.05) is 25.2 Å². The Balaban J connectivity index is 2.27. The Kier molecular flexibility index (Phi) is 4.95. The highest BCUT2D eigenvalue weighted by Crippen LogP contribution is 2.26. The van der Waals surface area contributed by atoms with Crippen molar-refractivity contribution in [1.82, 2.24) is 9.97 Å². The van der Waals surface area contributed by atoms with Crippen LogP contribution in [0.1, 0.15) is 5.56 Å². The number of thiophene rings is 1. The van der Waals surface area contributed by atoms with Gasteiger partial charge in [-0.15, -0.1) is 0 Å². The zero-order valence-corrected chi connectivity index (χ0v) is 12.0. The van der Waals surface area contributed by atoms with Crippen molar-refractivity contribution >= 4 is 28.8 Å². The van der Waals surface area contributed by atoms with Gasteiger partial charge in [0.25, 0.3) is 0 Å². The molecular formula is C12H14ClN3O2S. The Morgan fingerprint density at radius 2 is 2.37 bits per heavy atom. The number of hydrogen-bond acceptors (Lipinski definition) is 6. The van der Waals surface area contributed by atoms with Crippen molar-refractivity contribution in [3.63, 3.8) is 0 Å². The van der Waals surface area contributed by atoms with Crippen molar-refractivity contribution in [2.24, 2.45) is 0 Å². The van der Waals surface area contributed by atoms with Gasteiger partial charge in [-0.25, -0.2) is 4.98 Å². The molecule has 5 nitrogen and oxygen atoms in total. The molecule has 0 spiro atoms. The molecule has 0 amide bonds. The van der Waals surface area contributed by atoms with Crippen molar-refractivity contribution in [3.05, 3.63) is 33.6 Å². The van der Waals surface area contributed by atoms with E-state index in [0.29, 0.717) is 23.9 Å². The molecule has 0 aliphatic heterocycles. The number of rotatable bonds is 6. The smallest absolute Gasteiger partial charge is 0.318 e. The maximum absolute atomic E-state index is 9.19. The van der Waals surface area contributed by atoms with E-state index in [-0.39, 0.29) is 12.6 Å². The second-order valence-corrected chi connectivity index (χ2v) is 4.99. The van der Waals surface area contributed by atoms with E-state index in [1.807, 2.05) is 16.3 Å². The molecule has 1 N–H and O–H groups in total. The number of aliphatic hydroxyl groups excluding tert-OH is 1. The fourth-order valence-electron chi connectivity index (χ4n) is 1.65. The molecule has 2 aromatic heterocycles. The van der Waals surface area contributed by atoms with Gasteiger partial charge in [0.05, 0.1) is 19.9 Å². The summed E-state index contributed by atoms with van der Waals surface area (Å²) in [4.78, 5) is 10.1. The normalized spacial score (nSPS) is 10.5. The van der Waals surface area contributed by atoms with E-state index in [1.165, 1.54) is 13.3 Å². The number of anilines is 1. The lowest BCUT2D eigenvalue weighted by molar-refractivity contribution is 0.301. The van der Waals surface area contributed by atoms with Crippen LogP contribution in [0.5, 0.6) is 6.01 Å². The first kappa shape index (κ1) is 14.0. The second-order valence-electron chi connectivity index (χ2n) is 3.81. The Labute approximate surface area is 120 Å². The summed E-state index contributed by atoms with van der Waals surface area (Å²) in [7, 11) is 1.50. The third-order valence-electron chi connectivity index (χ3n) is 2.51. The molecule has 0 fully saturated rings. The van der Waals surface area contributed by atoms with Crippen LogP contribution in [-0.2, 0) is 6.54 Å². The van der Waals surface area contributed by atoms with Crippen LogP contribution in [0.4, 0.5) is 5.82 Å². The van der Waals surface area contributed by atoms with Crippen molar-refractivity contribution < 1.29 is 9.84 Å². The SMILES string of the molecule is COc1ncc(Cl)c(N(CCO)Cc2ccsc2)n1. The molecule has 2 rings (SSSR count). The molecule has 19 heavy (non-hydrogen) atoms. The monoisotopic (exact) mass is 299 g/mol. The summed E-state index contributed by atoms with van der Waals surface area (Å²) in [5.41, 5.74) is 1.15. The van der Waals surface area contributed by atoms with E-state index in [0.717, 1.165) is 5.56 Å². The summed E-state index contributed by atoms with van der Waals surface area (Å²) in [6, 6.07) is 2.29. The number of methoxy groups -OCH3 is 1. The minimum absolute atomic E-state index is 0.0206. The largest absolute Gasteiger partial charge is 0.467 e. The highest BCUT2D eigenvalue weighted by Gasteiger charge is 2.14. The van der Waals surface area contributed by atoms with Gasteiger partial charge in [0.2, 0.25) is 0 Å². The lowest BCUT2D eigenvalue weighted by Gasteiger charge is -2.23. The van der Waals surface area contributed by atoms with Gasteiger partial charge in [-0.2, -0.15) is 16.3 Å². The van der Waals surface area contributed by atoms with E-state index in [1.54, 1.807) is 11.3 Å². The minimum Gasteiger partial charge on any atom is -0.467 e. The molecule has 0 radical (unpaired) electrons. The number of nitrogens with zero attached hydrogens (tertiary/aromatic N) is 3. The summed E-state index contributed by atoms with van der Waals surface area (Å²) in [6.45, 7) is 1.09. The summed E-state index contributed by atoms with van der Waals surface area (Å²) in [5.74, 6) is 0.564. The molecule has 0 aromatic carbocycles. The summed E-state index contributed by atoms with van der Waals surface area (Å²) in [5, 5.41) is 13.7. The van der Waals surface area contributed by atoms with Crippen LogP contribution in [-0.4, -0.2) is 35.3 Å². The van der Waals surface area contributed by atoms with Crippen LogP contribution >= 0.6 is 22.9 Å². The molecule has 2 heterocycles. The fourth-order valence-corrected chi connectivity index (χ4v) is 2.52. The van der Waals surface area contributed by atoms with Crippen molar-refractivity contribution in [3.8, 4) is 6.01 Å². The first-order valence-electron chi connectivity index (χ1n) is 5.68. The maximum atomic E-state index is 9.19. The molecular weight excluding hydrogens is 286 g/mol.